The fraction of sp³-hybridized carbons (Fsp3) is 0.300. The van der Waals surface area contributed by atoms with E-state index in [1.54, 1.807) is 74.5 Å². The molecule has 370 valence electrons. The predicted octanol–water partition coefficient (Wildman–Crippen LogP) is 4.32. The molecule has 0 aliphatic heterocycles. The topological polar surface area (TPSA) is 291 Å². The number of carbonyl (C=O) groups excluding carboxylic acids is 4. The summed E-state index contributed by atoms with van der Waals surface area (Å²) in [6.07, 6.45) is 2.28. The second kappa shape index (κ2) is 22.7. The molecule has 3 aromatic heterocycles. The van der Waals surface area contributed by atoms with Crippen molar-refractivity contribution < 1.29 is 46.2 Å². The maximum atomic E-state index is 14.1. The molecule has 7 aromatic rings. The molecule has 3 heterocycles. The highest BCUT2D eigenvalue weighted by Gasteiger charge is 2.28. The summed E-state index contributed by atoms with van der Waals surface area (Å²) in [6.45, 7) is 8.48. The smallest absolute Gasteiger partial charge is 0.345 e. The summed E-state index contributed by atoms with van der Waals surface area (Å²) in [5, 5.41) is 12.9. The molecule has 0 fully saturated rings. The summed E-state index contributed by atoms with van der Waals surface area (Å²) in [7, 11) is -4.16. The zero-order valence-corrected chi connectivity index (χ0v) is 40.4. The van der Waals surface area contributed by atoms with Crippen molar-refractivity contribution in [3.8, 4) is 5.75 Å². The summed E-state index contributed by atoms with van der Waals surface area (Å²) >= 11 is 0. The van der Waals surface area contributed by atoms with Crippen molar-refractivity contribution in [2.45, 2.75) is 59.7 Å². The number of nitrogens with zero attached hydrogens (tertiary/aromatic N) is 4. The van der Waals surface area contributed by atoms with Crippen LogP contribution in [-0.4, -0.2) is 94.7 Å². The van der Waals surface area contributed by atoms with Gasteiger partial charge in [0.2, 0.25) is 22.9 Å². The molecule has 0 bridgehead atoms. The van der Waals surface area contributed by atoms with Crippen LogP contribution in [0.3, 0.4) is 0 Å². The molecule has 2 unspecified atom stereocenters. The van der Waals surface area contributed by atoms with Gasteiger partial charge in [-0.3, -0.25) is 28.7 Å². The zero-order chi connectivity index (χ0) is 50.8. The highest BCUT2D eigenvalue weighted by atomic mass is 32.2. The van der Waals surface area contributed by atoms with Gasteiger partial charge in [-0.1, -0.05) is 44.5 Å². The van der Waals surface area contributed by atoms with Crippen LogP contribution in [0, 0.1) is 19.8 Å². The van der Waals surface area contributed by atoms with Crippen LogP contribution >= 0.6 is 0 Å². The van der Waals surface area contributed by atoms with Crippen LogP contribution in [-0.2, 0) is 32.7 Å². The van der Waals surface area contributed by atoms with Crippen LogP contribution in [0.4, 0.5) is 11.6 Å². The van der Waals surface area contributed by atoms with E-state index in [0.717, 1.165) is 0 Å². The van der Waals surface area contributed by atoms with Gasteiger partial charge in [-0.25, -0.2) is 14.8 Å². The Labute approximate surface area is 408 Å². The van der Waals surface area contributed by atoms with Crippen molar-refractivity contribution >= 4 is 78.4 Å². The van der Waals surface area contributed by atoms with E-state index in [9.17, 15) is 36.9 Å². The number of aryl methyl sites for hydroxylation is 3. The average molecular weight is 988 g/mol. The Kier molecular flexibility index (Phi) is 16.3. The Morgan fingerprint density at radius 3 is 2.13 bits per heavy atom. The molecule has 2 atom stereocenters. The number of rotatable bonds is 21. The second-order valence-electron chi connectivity index (χ2n) is 16.9. The van der Waals surface area contributed by atoms with Crippen molar-refractivity contribution in [3.63, 3.8) is 0 Å². The number of pyridine rings is 1. The highest BCUT2D eigenvalue weighted by Crippen LogP contribution is 2.30. The number of carbonyl (C=O) groups is 4. The molecule has 8 N–H and O–H groups in total. The van der Waals surface area contributed by atoms with Gasteiger partial charge in [0.05, 0.1) is 53.7 Å². The van der Waals surface area contributed by atoms with E-state index in [4.69, 9.17) is 15.2 Å². The fourth-order valence-corrected chi connectivity index (χ4v) is 8.57. The number of esters is 1. The van der Waals surface area contributed by atoms with Crippen LogP contribution in [0.15, 0.2) is 95.9 Å². The Balaban J connectivity index is 0.868. The molecule has 0 spiro atoms. The molecule has 0 aliphatic carbocycles. The molecule has 21 heteroatoms. The first-order chi connectivity index (χ1) is 34.0. The maximum Gasteiger partial charge on any atom is 0.345 e. The summed E-state index contributed by atoms with van der Waals surface area (Å²) in [5.74, 6) is -2.07. The Bertz CT molecular complexity index is 3230. The van der Waals surface area contributed by atoms with Crippen LogP contribution in [0.5, 0.6) is 5.75 Å². The largest absolute Gasteiger partial charge is 0.422 e. The molecule has 0 aliphatic rings. The second-order valence-corrected chi connectivity index (χ2v) is 18.5. The third-order valence-corrected chi connectivity index (χ3v) is 12.6. The number of aromatic nitrogens is 5. The third kappa shape index (κ3) is 12.7. The zero-order valence-electron chi connectivity index (χ0n) is 39.6. The number of nitrogens with one attached hydrogen (secondary N) is 5. The lowest BCUT2D eigenvalue weighted by Gasteiger charge is -2.23. The summed E-state index contributed by atoms with van der Waals surface area (Å²) in [4.78, 5) is 80.9. The molecule has 20 nitrogen and oxygen atoms in total. The standard InChI is InChI=1S/C50H54N10O10S/c1-5-29(2)41(57-46(62)32-15-17-34(18-16-32)54-27-35-28-55-44-42(56-35)48(64)59-50(51)58-44)47(63)53-20-23-69-22-19-52-45(61)33-25-30(3)43(31(4)26-33)70-49(65)40-36-11-6-8-13-38(36)60(21-10-24-71(66,67)68)39-14-9-7-12-37(39)40/h6-9,11-18,25-26,28-29,41H,5,10,19-24,27H2,1-4H3,(H7-,51,52,53,54,55,57,58,59,61,62,63,64,66,67,68)/p+1. The average Bonchev–Trinajstić information content (AvgIpc) is 3.34. The van der Waals surface area contributed by atoms with Crippen molar-refractivity contribution in [1.29, 1.82) is 0 Å². The minimum absolute atomic E-state index is 0.0492. The van der Waals surface area contributed by atoms with Crippen LogP contribution < -0.4 is 41.9 Å². The van der Waals surface area contributed by atoms with E-state index in [-0.39, 0.29) is 80.7 Å². The number of nitrogen functional groups attached to an aromatic ring is 1. The number of aromatic amines is 1. The molecule has 3 amide bonds. The highest BCUT2D eigenvalue weighted by molar-refractivity contribution is 7.85. The number of hydrogen-bond acceptors (Lipinski definition) is 14. The third-order valence-electron chi connectivity index (χ3n) is 11.8. The number of H-pyrrole nitrogens is 1. The first-order valence-electron chi connectivity index (χ1n) is 22.9. The van der Waals surface area contributed by atoms with E-state index in [2.05, 4.69) is 41.2 Å². The maximum absolute atomic E-state index is 14.1. The summed E-state index contributed by atoms with van der Waals surface area (Å²) < 4.78 is 45.9. The van der Waals surface area contributed by atoms with Gasteiger partial charge in [0, 0.05) is 48.5 Å². The Morgan fingerprint density at radius 2 is 1.49 bits per heavy atom. The number of ether oxygens (including phenoxy) is 2. The van der Waals surface area contributed by atoms with E-state index in [0.29, 0.717) is 73.2 Å². The summed E-state index contributed by atoms with van der Waals surface area (Å²) in [6, 6.07) is 23.7. The molecule has 0 saturated carbocycles. The van der Waals surface area contributed by atoms with Gasteiger partial charge in [-0.05, 0) is 79.4 Å². The van der Waals surface area contributed by atoms with Crippen molar-refractivity contribution in [1.82, 2.24) is 35.9 Å². The SMILES string of the molecule is CCC(C)C(NC(=O)c1ccc(NCc2cnc3nc(N)[nH]c(=O)c3n2)cc1)C(=O)NCCOCCNC(=O)c1cc(C)c(OC(=O)c2c3ccccc3[n+](CCCS(=O)(=O)O)c3ccccc23)c(C)c1. The van der Waals surface area contributed by atoms with Gasteiger partial charge in [-0.2, -0.15) is 18.0 Å². The van der Waals surface area contributed by atoms with E-state index in [1.807, 2.05) is 42.7 Å². The number of nitrogens with two attached hydrogens (primary N) is 1. The van der Waals surface area contributed by atoms with Crippen molar-refractivity contribution in [2.24, 2.45) is 5.92 Å². The fourth-order valence-electron chi connectivity index (χ4n) is 8.08. The molecule has 0 saturated heterocycles. The van der Waals surface area contributed by atoms with Gasteiger partial charge in [-0.15, -0.1) is 0 Å². The quantitative estimate of drug-likeness (QED) is 0.0132. The van der Waals surface area contributed by atoms with E-state index in [1.165, 1.54) is 6.20 Å². The molecule has 4 aromatic carbocycles. The lowest BCUT2D eigenvalue weighted by molar-refractivity contribution is -0.645. The number of hydrogen-bond donors (Lipinski definition) is 7. The normalized spacial score (nSPS) is 12.4. The Hall–Kier alpha value is -7.88. The number of benzene rings is 4. The van der Waals surface area contributed by atoms with E-state index < -0.39 is 39.3 Å². The molecule has 71 heavy (non-hydrogen) atoms. The van der Waals surface area contributed by atoms with Gasteiger partial charge >= 0.3 is 5.97 Å². The van der Waals surface area contributed by atoms with E-state index >= 15 is 0 Å². The number of amides is 3. The van der Waals surface area contributed by atoms with Crippen molar-refractivity contribution in [3.05, 3.63) is 135 Å². The van der Waals surface area contributed by atoms with Gasteiger partial charge < -0.3 is 36.5 Å². The van der Waals surface area contributed by atoms with Gasteiger partial charge in [0.25, 0.3) is 27.5 Å². The lowest BCUT2D eigenvalue weighted by atomic mass is 9.98. The van der Waals surface area contributed by atoms with Crippen molar-refractivity contribution in [2.75, 3.05) is 43.1 Å². The minimum Gasteiger partial charge on any atom is -0.422 e. The van der Waals surface area contributed by atoms with Gasteiger partial charge in [0.15, 0.2) is 17.7 Å². The first-order valence-corrected chi connectivity index (χ1v) is 24.5. The molecule has 7 rings (SSSR count). The number of para-hydroxylation sites is 2. The van der Waals surface area contributed by atoms with Gasteiger partial charge in [0.1, 0.15) is 11.8 Å². The van der Waals surface area contributed by atoms with Crippen LogP contribution in [0.2, 0.25) is 0 Å². The predicted molar refractivity (Wildman–Crippen MR) is 267 cm³/mol. The number of anilines is 2. The number of fused-ring (bicyclic) bond motifs is 3. The monoisotopic (exact) mass is 987 g/mol. The van der Waals surface area contributed by atoms with Crippen LogP contribution in [0.25, 0.3) is 33.0 Å². The summed E-state index contributed by atoms with van der Waals surface area (Å²) in [5.41, 5.74) is 10.0. The molecule has 0 radical (unpaired) electrons. The lowest BCUT2D eigenvalue weighted by Crippen LogP contribution is -2.50. The Morgan fingerprint density at radius 1 is 0.859 bits per heavy atom. The first kappa shape index (κ1) is 51.0. The minimum atomic E-state index is -4.16. The van der Waals surface area contributed by atoms with Crippen LogP contribution in [0.1, 0.15) is 74.6 Å². The molecular formula is C50H55N10O10S+. The molecular weight excluding hydrogens is 933 g/mol.